The van der Waals surface area contributed by atoms with Crippen molar-refractivity contribution in [1.82, 2.24) is 9.78 Å². The van der Waals surface area contributed by atoms with Gasteiger partial charge in [0.15, 0.2) is 0 Å². The van der Waals surface area contributed by atoms with E-state index in [4.69, 9.17) is 9.47 Å². The summed E-state index contributed by atoms with van der Waals surface area (Å²) in [7, 11) is 1.62. The molecule has 1 aromatic rings. The molecule has 5 nitrogen and oxygen atoms in total. The standard InChI is InChI=1S/C9H13IN2O3/c1-14-4-5-15-3-2-12-9(13)6-8(10)7-11-12/h6-7H,2-5H2,1H3. The largest absolute Gasteiger partial charge is 0.382 e. The summed E-state index contributed by atoms with van der Waals surface area (Å²) in [6.07, 6.45) is 1.65. The molecule has 0 aliphatic carbocycles. The molecule has 15 heavy (non-hydrogen) atoms. The summed E-state index contributed by atoms with van der Waals surface area (Å²) in [5.41, 5.74) is -0.0998. The van der Waals surface area contributed by atoms with Crippen molar-refractivity contribution >= 4 is 22.6 Å². The quantitative estimate of drug-likeness (QED) is 0.565. The SMILES string of the molecule is COCCOCCn1ncc(I)cc1=O. The van der Waals surface area contributed by atoms with Crippen molar-refractivity contribution in [2.75, 3.05) is 26.9 Å². The number of methoxy groups -OCH3 is 1. The number of aromatic nitrogens is 2. The van der Waals surface area contributed by atoms with E-state index in [1.54, 1.807) is 19.4 Å². The lowest BCUT2D eigenvalue weighted by Crippen LogP contribution is -2.24. The molecule has 1 heterocycles. The van der Waals surface area contributed by atoms with Gasteiger partial charge in [-0.05, 0) is 22.6 Å². The lowest BCUT2D eigenvalue weighted by Gasteiger charge is -2.05. The Morgan fingerprint density at radius 1 is 1.47 bits per heavy atom. The summed E-state index contributed by atoms with van der Waals surface area (Å²) < 4.78 is 12.3. The third kappa shape index (κ3) is 4.72. The first-order valence-electron chi connectivity index (χ1n) is 4.53. The van der Waals surface area contributed by atoms with Crippen LogP contribution in [0, 0.1) is 3.57 Å². The van der Waals surface area contributed by atoms with Gasteiger partial charge in [-0.15, -0.1) is 0 Å². The lowest BCUT2D eigenvalue weighted by molar-refractivity contribution is 0.0649. The number of hydrogen-bond acceptors (Lipinski definition) is 4. The zero-order valence-electron chi connectivity index (χ0n) is 8.48. The minimum Gasteiger partial charge on any atom is -0.382 e. The van der Waals surface area contributed by atoms with Crippen molar-refractivity contribution in [2.24, 2.45) is 0 Å². The number of nitrogens with zero attached hydrogens (tertiary/aromatic N) is 2. The van der Waals surface area contributed by atoms with Gasteiger partial charge in [-0.3, -0.25) is 4.79 Å². The third-order valence-corrected chi connectivity index (χ3v) is 2.31. The van der Waals surface area contributed by atoms with Crippen LogP contribution in [0.1, 0.15) is 0 Å². The van der Waals surface area contributed by atoms with Crippen LogP contribution in [0.5, 0.6) is 0 Å². The van der Waals surface area contributed by atoms with Gasteiger partial charge in [-0.2, -0.15) is 5.10 Å². The van der Waals surface area contributed by atoms with Gasteiger partial charge in [-0.25, -0.2) is 4.68 Å². The topological polar surface area (TPSA) is 53.4 Å². The van der Waals surface area contributed by atoms with Gasteiger partial charge in [0.05, 0.1) is 32.6 Å². The Balaban J connectivity index is 2.34. The van der Waals surface area contributed by atoms with E-state index in [2.05, 4.69) is 27.7 Å². The predicted molar refractivity (Wildman–Crippen MR) is 63.9 cm³/mol. The van der Waals surface area contributed by atoms with E-state index < -0.39 is 0 Å². The molecule has 1 aromatic heterocycles. The highest BCUT2D eigenvalue weighted by molar-refractivity contribution is 14.1. The minimum absolute atomic E-state index is 0.0998. The molecule has 0 unspecified atom stereocenters. The maximum Gasteiger partial charge on any atom is 0.267 e. The molecule has 84 valence electrons. The van der Waals surface area contributed by atoms with Gasteiger partial charge >= 0.3 is 0 Å². The number of hydrogen-bond donors (Lipinski definition) is 0. The average molecular weight is 324 g/mol. The fraction of sp³-hybridized carbons (Fsp3) is 0.556. The predicted octanol–water partition coefficient (Wildman–Crippen LogP) is 0.511. The van der Waals surface area contributed by atoms with Crippen LogP contribution in [0.2, 0.25) is 0 Å². The van der Waals surface area contributed by atoms with Gasteiger partial charge in [0.25, 0.3) is 5.56 Å². The Bertz CT molecular complexity index is 353. The Morgan fingerprint density at radius 2 is 2.27 bits per heavy atom. The molecule has 0 aromatic carbocycles. The first-order valence-corrected chi connectivity index (χ1v) is 5.61. The second-order valence-electron chi connectivity index (χ2n) is 2.84. The summed E-state index contributed by atoms with van der Waals surface area (Å²) in [5, 5.41) is 3.98. The van der Waals surface area contributed by atoms with Crippen LogP contribution in [0.3, 0.4) is 0 Å². The summed E-state index contributed by atoms with van der Waals surface area (Å²) in [6.45, 7) is 2.04. The summed E-state index contributed by atoms with van der Waals surface area (Å²) >= 11 is 2.05. The molecule has 0 atom stereocenters. The van der Waals surface area contributed by atoms with Crippen molar-refractivity contribution in [3.05, 3.63) is 26.2 Å². The second kappa shape index (κ2) is 6.91. The normalized spacial score (nSPS) is 10.5. The molecule has 0 radical (unpaired) electrons. The molecule has 0 saturated heterocycles. The van der Waals surface area contributed by atoms with Crippen LogP contribution < -0.4 is 5.56 Å². The monoisotopic (exact) mass is 324 g/mol. The fourth-order valence-corrected chi connectivity index (χ4v) is 1.37. The maximum absolute atomic E-state index is 11.4. The fourth-order valence-electron chi connectivity index (χ4n) is 0.975. The number of ether oxygens (including phenoxy) is 2. The second-order valence-corrected chi connectivity index (χ2v) is 4.09. The minimum atomic E-state index is -0.0998. The zero-order valence-corrected chi connectivity index (χ0v) is 10.6. The van der Waals surface area contributed by atoms with Crippen LogP contribution in [0.15, 0.2) is 17.1 Å². The van der Waals surface area contributed by atoms with E-state index in [0.29, 0.717) is 26.4 Å². The molecule has 0 saturated carbocycles. The van der Waals surface area contributed by atoms with Gasteiger partial charge in [0.2, 0.25) is 0 Å². The Labute approximate surface area is 102 Å². The Hall–Kier alpha value is -0.470. The molecule has 0 bridgehead atoms. The molecule has 1 rings (SSSR count). The van der Waals surface area contributed by atoms with E-state index in [1.165, 1.54) is 4.68 Å². The van der Waals surface area contributed by atoms with Crippen LogP contribution in [-0.4, -0.2) is 36.7 Å². The van der Waals surface area contributed by atoms with Crippen LogP contribution in [-0.2, 0) is 16.0 Å². The smallest absolute Gasteiger partial charge is 0.267 e. The summed E-state index contributed by atoms with van der Waals surface area (Å²) in [5.74, 6) is 0. The van der Waals surface area contributed by atoms with Crippen LogP contribution >= 0.6 is 22.6 Å². The summed E-state index contributed by atoms with van der Waals surface area (Å²) in [4.78, 5) is 11.4. The van der Waals surface area contributed by atoms with Crippen molar-refractivity contribution in [3.63, 3.8) is 0 Å². The number of rotatable bonds is 6. The highest BCUT2D eigenvalue weighted by atomic mass is 127. The third-order valence-electron chi connectivity index (χ3n) is 1.72. The van der Waals surface area contributed by atoms with Gasteiger partial charge < -0.3 is 9.47 Å². The molecule has 0 aliphatic heterocycles. The van der Waals surface area contributed by atoms with Crippen molar-refractivity contribution in [1.29, 1.82) is 0 Å². The molecule has 0 fully saturated rings. The Kier molecular flexibility index (Phi) is 5.81. The lowest BCUT2D eigenvalue weighted by atomic mass is 10.5. The molecule has 0 aliphatic rings. The van der Waals surface area contributed by atoms with E-state index in [0.717, 1.165) is 3.57 Å². The van der Waals surface area contributed by atoms with Crippen LogP contribution in [0.25, 0.3) is 0 Å². The zero-order chi connectivity index (χ0) is 11.1. The Morgan fingerprint density at radius 3 is 2.93 bits per heavy atom. The van der Waals surface area contributed by atoms with E-state index in [9.17, 15) is 4.79 Å². The molecule has 0 amide bonds. The van der Waals surface area contributed by atoms with Gasteiger partial charge in [-0.1, -0.05) is 0 Å². The molecular weight excluding hydrogens is 311 g/mol. The molecule has 6 heteroatoms. The first-order chi connectivity index (χ1) is 7.24. The summed E-state index contributed by atoms with van der Waals surface area (Å²) in [6, 6.07) is 1.54. The van der Waals surface area contributed by atoms with Crippen LogP contribution in [0.4, 0.5) is 0 Å². The first kappa shape index (κ1) is 12.6. The van der Waals surface area contributed by atoms with Crippen molar-refractivity contribution < 1.29 is 9.47 Å². The molecule has 0 N–H and O–H groups in total. The highest BCUT2D eigenvalue weighted by Crippen LogP contribution is 1.95. The maximum atomic E-state index is 11.4. The van der Waals surface area contributed by atoms with E-state index in [-0.39, 0.29) is 5.56 Å². The van der Waals surface area contributed by atoms with Gasteiger partial charge in [0, 0.05) is 16.7 Å². The highest BCUT2D eigenvalue weighted by Gasteiger charge is 1.97. The molecule has 0 spiro atoms. The van der Waals surface area contributed by atoms with E-state index >= 15 is 0 Å². The van der Waals surface area contributed by atoms with Crippen molar-refractivity contribution in [2.45, 2.75) is 6.54 Å². The van der Waals surface area contributed by atoms with Gasteiger partial charge in [0.1, 0.15) is 0 Å². The number of halogens is 1. The van der Waals surface area contributed by atoms with Crippen molar-refractivity contribution in [3.8, 4) is 0 Å². The molecular formula is C9H13IN2O3. The average Bonchev–Trinajstić information content (AvgIpc) is 2.20. The van der Waals surface area contributed by atoms with E-state index in [1.807, 2.05) is 0 Å².